The van der Waals surface area contributed by atoms with Crippen molar-refractivity contribution in [3.8, 4) is 0 Å². The first-order chi connectivity index (χ1) is 9.28. The fraction of sp³-hybridized carbons (Fsp3) is 0.500. The molecule has 1 heterocycles. The van der Waals surface area contributed by atoms with Crippen LogP contribution in [0.2, 0.25) is 0 Å². The van der Waals surface area contributed by atoms with E-state index in [1.807, 2.05) is 30.3 Å². The Morgan fingerprint density at radius 1 is 1.42 bits per heavy atom. The van der Waals surface area contributed by atoms with E-state index in [4.69, 9.17) is 10.5 Å². The minimum absolute atomic E-state index is 0.0431. The van der Waals surface area contributed by atoms with Crippen LogP contribution in [-0.4, -0.2) is 49.7 Å². The summed E-state index contributed by atoms with van der Waals surface area (Å²) in [4.78, 5) is 13.9. The number of nitrogens with two attached hydrogens (primary N) is 1. The molecule has 0 radical (unpaired) electrons. The standard InChI is InChI=1S/C14H21N3O2/c15-8-13-10-17(6-7-19-13)11-14(18)16-9-12-4-2-1-3-5-12/h1-5,13H,6-11,15H2,(H,16,18). The first-order valence-corrected chi connectivity index (χ1v) is 6.62. The zero-order valence-electron chi connectivity index (χ0n) is 11.0. The summed E-state index contributed by atoms with van der Waals surface area (Å²) in [5.41, 5.74) is 6.69. The molecule has 0 saturated carbocycles. The quantitative estimate of drug-likeness (QED) is 0.782. The second-order valence-electron chi connectivity index (χ2n) is 4.73. The van der Waals surface area contributed by atoms with Crippen molar-refractivity contribution in [1.82, 2.24) is 10.2 Å². The number of amides is 1. The zero-order valence-corrected chi connectivity index (χ0v) is 11.0. The summed E-state index contributed by atoms with van der Waals surface area (Å²) in [6.07, 6.45) is 0.0515. The minimum atomic E-state index is 0.0431. The number of hydrogen-bond acceptors (Lipinski definition) is 4. The van der Waals surface area contributed by atoms with Crippen LogP contribution in [0.5, 0.6) is 0 Å². The molecule has 5 nitrogen and oxygen atoms in total. The van der Waals surface area contributed by atoms with Gasteiger partial charge in [0.2, 0.25) is 5.91 Å². The van der Waals surface area contributed by atoms with Gasteiger partial charge < -0.3 is 15.8 Å². The summed E-state index contributed by atoms with van der Waals surface area (Å²) in [6.45, 7) is 3.65. The Hall–Kier alpha value is -1.43. The molecule has 1 amide bonds. The Morgan fingerprint density at radius 3 is 2.95 bits per heavy atom. The molecular weight excluding hydrogens is 242 g/mol. The van der Waals surface area contributed by atoms with E-state index >= 15 is 0 Å². The molecule has 1 unspecified atom stereocenters. The first kappa shape index (κ1) is 14.0. The van der Waals surface area contributed by atoms with Crippen LogP contribution in [0.3, 0.4) is 0 Å². The highest BCUT2D eigenvalue weighted by Gasteiger charge is 2.20. The predicted molar refractivity (Wildman–Crippen MR) is 73.5 cm³/mol. The molecule has 0 aromatic heterocycles. The molecule has 104 valence electrons. The van der Waals surface area contributed by atoms with Crippen molar-refractivity contribution in [3.63, 3.8) is 0 Å². The number of rotatable bonds is 5. The van der Waals surface area contributed by atoms with Gasteiger partial charge in [-0.25, -0.2) is 0 Å². The van der Waals surface area contributed by atoms with Crippen molar-refractivity contribution in [2.24, 2.45) is 5.73 Å². The molecule has 0 aliphatic carbocycles. The molecule has 1 atom stereocenters. The Labute approximate surface area is 113 Å². The summed E-state index contributed by atoms with van der Waals surface area (Å²) < 4.78 is 5.47. The monoisotopic (exact) mass is 263 g/mol. The largest absolute Gasteiger partial charge is 0.374 e. The van der Waals surface area contributed by atoms with E-state index < -0.39 is 0 Å². The molecular formula is C14H21N3O2. The van der Waals surface area contributed by atoms with Crippen LogP contribution in [0.25, 0.3) is 0 Å². The molecule has 0 bridgehead atoms. The van der Waals surface area contributed by atoms with Crippen molar-refractivity contribution < 1.29 is 9.53 Å². The van der Waals surface area contributed by atoms with E-state index in [0.717, 1.165) is 18.7 Å². The van der Waals surface area contributed by atoms with E-state index in [2.05, 4.69) is 10.2 Å². The normalized spacial score (nSPS) is 20.2. The SMILES string of the molecule is NCC1CN(CC(=O)NCc2ccccc2)CCO1. The number of nitrogens with one attached hydrogen (secondary N) is 1. The van der Waals surface area contributed by atoms with E-state index in [1.165, 1.54) is 0 Å². The first-order valence-electron chi connectivity index (χ1n) is 6.62. The van der Waals surface area contributed by atoms with Gasteiger partial charge in [0, 0.05) is 26.2 Å². The van der Waals surface area contributed by atoms with Crippen molar-refractivity contribution in [2.45, 2.75) is 12.6 Å². The van der Waals surface area contributed by atoms with Crippen LogP contribution >= 0.6 is 0 Å². The van der Waals surface area contributed by atoms with Crippen molar-refractivity contribution >= 4 is 5.91 Å². The molecule has 5 heteroatoms. The van der Waals surface area contributed by atoms with Gasteiger partial charge in [-0.3, -0.25) is 9.69 Å². The van der Waals surface area contributed by atoms with Crippen molar-refractivity contribution in [1.29, 1.82) is 0 Å². The summed E-state index contributed by atoms with van der Waals surface area (Å²) in [5.74, 6) is 0.0431. The lowest BCUT2D eigenvalue weighted by Gasteiger charge is -2.31. The second kappa shape index (κ2) is 7.23. The number of carbonyl (C=O) groups excluding carboxylic acids is 1. The maximum atomic E-state index is 11.9. The van der Waals surface area contributed by atoms with Gasteiger partial charge in [0.1, 0.15) is 0 Å². The van der Waals surface area contributed by atoms with Crippen molar-refractivity contribution in [2.75, 3.05) is 32.8 Å². The van der Waals surface area contributed by atoms with Crippen LogP contribution in [0, 0.1) is 0 Å². The lowest BCUT2D eigenvalue weighted by molar-refractivity contribution is -0.124. The number of hydrogen-bond donors (Lipinski definition) is 2. The van der Waals surface area contributed by atoms with Gasteiger partial charge in [0.25, 0.3) is 0 Å². The number of nitrogens with zero attached hydrogens (tertiary/aromatic N) is 1. The molecule has 1 aliphatic rings. The van der Waals surface area contributed by atoms with E-state index in [9.17, 15) is 4.79 Å². The average molecular weight is 263 g/mol. The lowest BCUT2D eigenvalue weighted by Crippen LogP contribution is -2.48. The van der Waals surface area contributed by atoms with Gasteiger partial charge >= 0.3 is 0 Å². The minimum Gasteiger partial charge on any atom is -0.374 e. The number of ether oxygens (including phenoxy) is 1. The van der Waals surface area contributed by atoms with E-state index in [0.29, 0.717) is 26.2 Å². The number of carbonyl (C=O) groups is 1. The highest BCUT2D eigenvalue weighted by Crippen LogP contribution is 2.03. The summed E-state index contributed by atoms with van der Waals surface area (Å²) in [7, 11) is 0. The zero-order chi connectivity index (χ0) is 13.5. The second-order valence-corrected chi connectivity index (χ2v) is 4.73. The van der Waals surface area contributed by atoms with Crippen LogP contribution in [-0.2, 0) is 16.1 Å². The highest BCUT2D eigenvalue weighted by molar-refractivity contribution is 5.78. The molecule has 19 heavy (non-hydrogen) atoms. The lowest BCUT2D eigenvalue weighted by atomic mass is 10.2. The Balaban J connectivity index is 1.72. The highest BCUT2D eigenvalue weighted by atomic mass is 16.5. The molecule has 1 aromatic carbocycles. The molecule has 2 rings (SSSR count). The molecule has 1 saturated heterocycles. The third-order valence-electron chi connectivity index (χ3n) is 3.19. The van der Waals surface area contributed by atoms with Crippen LogP contribution < -0.4 is 11.1 Å². The van der Waals surface area contributed by atoms with E-state index in [-0.39, 0.29) is 12.0 Å². The number of morpholine rings is 1. The topological polar surface area (TPSA) is 67.6 Å². The van der Waals surface area contributed by atoms with Gasteiger partial charge in [0.05, 0.1) is 19.3 Å². The van der Waals surface area contributed by atoms with Crippen LogP contribution in [0.4, 0.5) is 0 Å². The van der Waals surface area contributed by atoms with Gasteiger partial charge in [-0.15, -0.1) is 0 Å². The average Bonchev–Trinajstić information content (AvgIpc) is 2.46. The summed E-state index contributed by atoms with van der Waals surface area (Å²) in [6, 6.07) is 9.90. The Morgan fingerprint density at radius 2 is 2.21 bits per heavy atom. The van der Waals surface area contributed by atoms with Gasteiger partial charge in [-0.1, -0.05) is 30.3 Å². The molecule has 3 N–H and O–H groups in total. The third-order valence-corrected chi connectivity index (χ3v) is 3.19. The fourth-order valence-electron chi connectivity index (χ4n) is 2.12. The Bertz CT molecular complexity index is 397. The maximum Gasteiger partial charge on any atom is 0.234 e. The molecule has 1 aromatic rings. The van der Waals surface area contributed by atoms with Crippen LogP contribution in [0.1, 0.15) is 5.56 Å². The van der Waals surface area contributed by atoms with Crippen molar-refractivity contribution in [3.05, 3.63) is 35.9 Å². The maximum absolute atomic E-state index is 11.9. The van der Waals surface area contributed by atoms with Crippen LogP contribution in [0.15, 0.2) is 30.3 Å². The smallest absolute Gasteiger partial charge is 0.234 e. The summed E-state index contributed by atoms with van der Waals surface area (Å²) >= 11 is 0. The Kier molecular flexibility index (Phi) is 5.32. The van der Waals surface area contributed by atoms with Gasteiger partial charge in [-0.05, 0) is 5.56 Å². The molecule has 0 spiro atoms. The van der Waals surface area contributed by atoms with Gasteiger partial charge in [0.15, 0.2) is 0 Å². The number of benzene rings is 1. The predicted octanol–water partition coefficient (Wildman–Crippen LogP) is -0.0377. The summed E-state index contributed by atoms with van der Waals surface area (Å²) in [5, 5.41) is 2.93. The molecule has 1 fully saturated rings. The fourth-order valence-corrected chi connectivity index (χ4v) is 2.12. The third kappa shape index (κ3) is 4.63. The van der Waals surface area contributed by atoms with Gasteiger partial charge in [-0.2, -0.15) is 0 Å². The molecule has 1 aliphatic heterocycles. The van der Waals surface area contributed by atoms with E-state index in [1.54, 1.807) is 0 Å².